The Balaban J connectivity index is 2.16. The van der Waals surface area contributed by atoms with Gasteiger partial charge in [0.1, 0.15) is 24.4 Å². The molecule has 3 N–H and O–H groups in total. The summed E-state index contributed by atoms with van der Waals surface area (Å²) >= 11 is 0. The predicted molar refractivity (Wildman–Crippen MR) is 91.9 cm³/mol. The van der Waals surface area contributed by atoms with E-state index < -0.39 is 42.9 Å². The maximum Gasteiger partial charge on any atom is 0.155 e. The lowest BCUT2D eigenvalue weighted by atomic mass is 9.83. The molecule has 1 unspecified atom stereocenters. The van der Waals surface area contributed by atoms with Gasteiger partial charge >= 0.3 is 0 Å². The van der Waals surface area contributed by atoms with Crippen LogP contribution < -0.4 is 0 Å². The molecule has 0 saturated heterocycles. The molecule has 0 radical (unpaired) electrons. The first-order valence-corrected chi connectivity index (χ1v) is 8.50. The SMILES string of the molecule is CCOC(C)O[C@H]1[C@@H](O)[C@H](OCc2ccccc2)[C@@H](O)[C@H](O)[C@H]1N=[N+]=[N-]. The number of rotatable bonds is 8. The summed E-state index contributed by atoms with van der Waals surface area (Å²) < 4.78 is 16.6. The Labute approximate surface area is 151 Å². The minimum absolute atomic E-state index is 0.131. The van der Waals surface area contributed by atoms with Gasteiger partial charge in [-0.25, -0.2) is 0 Å². The van der Waals surface area contributed by atoms with Crippen LogP contribution in [0.3, 0.4) is 0 Å². The zero-order valence-corrected chi connectivity index (χ0v) is 14.8. The summed E-state index contributed by atoms with van der Waals surface area (Å²) in [7, 11) is 0. The van der Waals surface area contributed by atoms with Gasteiger partial charge in [-0.3, -0.25) is 0 Å². The molecule has 1 aromatic rings. The molecule has 1 saturated carbocycles. The number of aliphatic hydroxyl groups excluding tert-OH is 3. The van der Waals surface area contributed by atoms with Crippen LogP contribution in [0.2, 0.25) is 0 Å². The van der Waals surface area contributed by atoms with Crippen LogP contribution in [0.25, 0.3) is 10.4 Å². The Hall–Kier alpha value is -1.71. The summed E-state index contributed by atoms with van der Waals surface area (Å²) in [4.78, 5) is 2.68. The first kappa shape index (κ1) is 20.6. The molecule has 2 rings (SSSR count). The zero-order valence-electron chi connectivity index (χ0n) is 14.8. The van der Waals surface area contributed by atoms with Crippen molar-refractivity contribution in [2.24, 2.45) is 5.11 Å². The van der Waals surface area contributed by atoms with Gasteiger partial charge in [0.05, 0.1) is 18.8 Å². The summed E-state index contributed by atoms with van der Waals surface area (Å²) in [6, 6.07) is 8.05. The Morgan fingerprint density at radius 1 is 1.12 bits per heavy atom. The van der Waals surface area contributed by atoms with Crippen molar-refractivity contribution < 1.29 is 29.5 Å². The quantitative estimate of drug-likeness (QED) is 0.272. The van der Waals surface area contributed by atoms with E-state index in [1.54, 1.807) is 13.8 Å². The van der Waals surface area contributed by atoms with E-state index in [-0.39, 0.29) is 6.61 Å². The summed E-state index contributed by atoms with van der Waals surface area (Å²) in [5, 5.41) is 34.8. The number of hydrogen-bond acceptors (Lipinski definition) is 7. The molecule has 9 heteroatoms. The fourth-order valence-corrected chi connectivity index (χ4v) is 3.00. The first-order valence-electron chi connectivity index (χ1n) is 8.50. The highest BCUT2D eigenvalue weighted by Crippen LogP contribution is 2.29. The van der Waals surface area contributed by atoms with Crippen molar-refractivity contribution in [3.63, 3.8) is 0 Å². The van der Waals surface area contributed by atoms with E-state index in [0.717, 1.165) is 5.56 Å². The van der Waals surface area contributed by atoms with E-state index in [1.165, 1.54) is 0 Å². The highest BCUT2D eigenvalue weighted by molar-refractivity contribution is 5.14. The third-order valence-corrected chi connectivity index (χ3v) is 4.27. The maximum atomic E-state index is 10.6. The molecule has 9 nitrogen and oxygen atoms in total. The van der Waals surface area contributed by atoms with Crippen LogP contribution in [0, 0.1) is 0 Å². The largest absolute Gasteiger partial charge is 0.390 e. The summed E-state index contributed by atoms with van der Waals surface area (Å²) in [5.41, 5.74) is 9.59. The van der Waals surface area contributed by atoms with Crippen molar-refractivity contribution in [2.45, 2.75) is 63.3 Å². The molecule has 1 aromatic carbocycles. The van der Waals surface area contributed by atoms with Gasteiger partial charge in [0.15, 0.2) is 6.29 Å². The Bertz CT molecular complexity index is 597. The lowest BCUT2D eigenvalue weighted by Crippen LogP contribution is -2.64. The van der Waals surface area contributed by atoms with Crippen LogP contribution in [0.15, 0.2) is 35.4 Å². The minimum Gasteiger partial charge on any atom is -0.390 e. The fraction of sp³-hybridized carbons (Fsp3) is 0.647. The highest BCUT2D eigenvalue weighted by atomic mass is 16.7. The maximum absolute atomic E-state index is 10.6. The van der Waals surface area contributed by atoms with E-state index in [2.05, 4.69) is 10.0 Å². The Kier molecular flexibility index (Phi) is 7.80. The second-order valence-corrected chi connectivity index (χ2v) is 6.05. The molecule has 0 heterocycles. The molecule has 0 spiro atoms. The van der Waals surface area contributed by atoms with Gasteiger partial charge in [-0.1, -0.05) is 35.4 Å². The molecular weight excluding hydrogens is 342 g/mol. The topological polar surface area (TPSA) is 137 Å². The molecular formula is C17H25N3O6. The van der Waals surface area contributed by atoms with E-state index in [9.17, 15) is 15.3 Å². The van der Waals surface area contributed by atoms with Crippen molar-refractivity contribution in [3.05, 3.63) is 46.3 Å². The highest BCUT2D eigenvalue weighted by Gasteiger charge is 2.51. The van der Waals surface area contributed by atoms with Crippen LogP contribution in [0.1, 0.15) is 19.4 Å². The average Bonchev–Trinajstić information content (AvgIpc) is 2.64. The molecule has 26 heavy (non-hydrogen) atoms. The van der Waals surface area contributed by atoms with Crippen LogP contribution in [-0.4, -0.2) is 64.8 Å². The summed E-state index contributed by atoms with van der Waals surface area (Å²) in [6.07, 6.45) is -7.12. The standard InChI is InChI=1S/C17H25N3O6/c1-3-24-10(2)26-16-12(19-20-18)13(21)14(22)17(15(16)23)25-9-11-7-5-4-6-8-11/h4-8,10,12-17,21-23H,3,9H2,1-2H3/t10?,12-,13-,14+,15-,16-,17-/m1/s1. The molecule has 0 aliphatic heterocycles. The molecule has 0 amide bonds. The number of benzene rings is 1. The van der Waals surface area contributed by atoms with E-state index in [1.807, 2.05) is 30.3 Å². The lowest BCUT2D eigenvalue weighted by molar-refractivity contribution is -0.252. The number of ether oxygens (including phenoxy) is 3. The Morgan fingerprint density at radius 3 is 2.42 bits per heavy atom. The third kappa shape index (κ3) is 4.93. The smallest absolute Gasteiger partial charge is 0.155 e. The van der Waals surface area contributed by atoms with Crippen molar-refractivity contribution in [1.82, 2.24) is 0 Å². The molecule has 1 aliphatic rings. The first-order chi connectivity index (χ1) is 12.5. The number of azide groups is 1. The van der Waals surface area contributed by atoms with Crippen LogP contribution in [0.4, 0.5) is 0 Å². The van der Waals surface area contributed by atoms with E-state index in [0.29, 0.717) is 6.61 Å². The van der Waals surface area contributed by atoms with Crippen molar-refractivity contribution in [2.75, 3.05) is 6.61 Å². The monoisotopic (exact) mass is 367 g/mol. The lowest BCUT2D eigenvalue weighted by Gasteiger charge is -2.44. The van der Waals surface area contributed by atoms with Crippen LogP contribution >= 0.6 is 0 Å². The van der Waals surface area contributed by atoms with Gasteiger partial charge in [0, 0.05) is 11.5 Å². The second kappa shape index (κ2) is 9.84. The minimum atomic E-state index is -1.45. The van der Waals surface area contributed by atoms with Crippen molar-refractivity contribution >= 4 is 0 Å². The molecule has 1 aliphatic carbocycles. The number of hydrogen-bond donors (Lipinski definition) is 3. The average molecular weight is 367 g/mol. The normalized spacial score (nSPS) is 32.7. The third-order valence-electron chi connectivity index (χ3n) is 4.27. The molecule has 0 bridgehead atoms. The summed E-state index contributed by atoms with van der Waals surface area (Å²) in [5.74, 6) is 0. The molecule has 144 valence electrons. The van der Waals surface area contributed by atoms with Gasteiger partial charge in [-0.05, 0) is 24.9 Å². The van der Waals surface area contributed by atoms with Gasteiger partial charge in [0.25, 0.3) is 0 Å². The van der Waals surface area contributed by atoms with Crippen LogP contribution in [-0.2, 0) is 20.8 Å². The van der Waals surface area contributed by atoms with Crippen molar-refractivity contribution in [1.29, 1.82) is 0 Å². The predicted octanol–water partition coefficient (Wildman–Crippen LogP) is 1.11. The fourth-order valence-electron chi connectivity index (χ4n) is 3.00. The van der Waals surface area contributed by atoms with Crippen molar-refractivity contribution in [3.8, 4) is 0 Å². The summed E-state index contributed by atoms with van der Waals surface area (Å²) in [6.45, 7) is 3.93. The second-order valence-electron chi connectivity index (χ2n) is 6.05. The van der Waals surface area contributed by atoms with E-state index in [4.69, 9.17) is 19.7 Å². The number of aliphatic hydroxyl groups is 3. The van der Waals surface area contributed by atoms with E-state index >= 15 is 0 Å². The molecule has 0 aromatic heterocycles. The Morgan fingerprint density at radius 2 is 1.81 bits per heavy atom. The van der Waals surface area contributed by atoms with Gasteiger partial charge in [-0.2, -0.15) is 0 Å². The zero-order chi connectivity index (χ0) is 19.1. The van der Waals surface area contributed by atoms with Gasteiger partial charge in [0.2, 0.25) is 0 Å². The van der Waals surface area contributed by atoms with Gasteiger partial charge in [-0.15, -0.1) is 0 Å². The molecule has 7 atom stereocenters. The van der Waals surface area contributed by atoms with Crippen LogP contribution in [0.5, 0.6) is 0 Å². The van der Waals surface area contributed by atoms with Gasteiger partial charge < -0.3 is 29.5 Å². The number of nitrogens with zero attached hydrogens (tertiary/aromatic N) is 3. The molecule has 1 fully saturated rings.